The van der Waals surface area contributed by atoms with Gasteiger partial charge in [-0.3, -0.25) is 4.68 Å². The summed E-state index contributed by atoms with van der Waals surface area (Å²) in [5.41, 5.74) is 2.24. The third kappa shape index (κ3) is 4.29. The molecule has 7 heteroatoms. The molecule has 114 valence electrons. The van der Waals surface area contributed by atoms with Gasteiger partial charge in [-0.1, -0.05) is 0 Å². The molecule has 5 nitrogen and oxygen atoms in total. The van der Waals surface area contributed by atoms with Crippen molar-refractivity contribution < 1.29 is 4.74 Å². The van der Waals surface area contributed by atoms with E-state index in [0.717, 1.165) is 33.3 Å². The van der Waals surface area contributed by atoms with Gasteiger partial charge >= 0.3 is 0 Å². The lowest BCUT2D eigenvalue weighted by atomic mass is 10.2. The Hall–Kier alpha value is -0.890. The summed E-state index contributed by atoms with van der Waals surface area (Å²) in [7, 11) is 3.67. The minimum Gasteiger partial charge on any atom is -0.383 e. The van der Waals surface area contributed by atoms with Crippen molar-refractivity contribution in [1.29, 1.82) is 0 Å². The Morgan fingerprint density at radius 2 is 2.29 bits per heavy atom. The lowest BCUT2D eigenvalue weighted by Gasteiger charge is -2.08. The number of halogens is 1. The highest BCUT2D eigenvalue weighted by molar-refractivity contribution is 9.10. The molecule has 0 bridgehead atoms. The molecule has 0 atom stereocenters. The maximum Gasteiger partial charge on any atom is 0.116 e. The molecule has 0 spiro atoms. The zero-order chi connectivity index (χ0) is 15.2. The summed E-state index contributed by atoms with van der Waals surface area (Å²) >= 11 is 5.16. The third-order valence-electron chi connectivity index (χ3n) is 2.99. The number of pyridine rings is 1. The molecule has 0 saturated heterocycles. The van der Waals surface area contributed by atoms with E-state index in [1.54, 1.807) is 25.1 Å². The van der Waals surface area contributed by atoms with Crippen molar-refractivity contribution in [2.45, 2.75) is 23.5 Å². The van der Waals surface area contributed by atoms with Crippen LogP contribution in [0.5, 0.6) is 0 Å². The lowest BCUT2D eigenvalue weighted by molar-refractivity contribution is 0.199. The van der Waals surface area contributed by atoms with Crippen LogP contribution in [0, 0.1) is 6.92 Å². The highest BCUT2D eigenvalue weighted by atomic mass is 79.9. The third-order valence-corrected chi connectivity index (χ3v) is 5.12. The normalized spacial score (nSPS) is 11.0. The van der Waals surface area contributed by atoms with Gasteiger partial charge in [0.05, 0.1) is 16.8 Å². The average Bonchev–Trinajstić information content (AvgIpc) is 2.72. The summed E-state index contributed by atoms with van der Waals surface area (Å²) in [5, 5.41) is 9.94. The first-order valence-corrected chi connectivity index (χ1v) is 8.25. The Labute approximate surface area is 137 Å². The first kappa shape index (κ1) is 16.5. The molecule has 2 aromatic heterocycles. The van der Waals surface area contributed by atoms with Crippen molar-refractivity contribution in [2.24, 2.45) is 7.05 Å². The molecule has 0 fully saturated rings. The highest BCUT2D eigenvalue weighted by Crippen LogP contribution is 2.34. The van der Waals surface area contributed by atoms with Crippen molar-refractivity contribution in [3.8, 4) is 0 Å². The van der Waals surface area contributed by atoms with Crippen molar-refractivity contribution in [3.63, 3.8) is 0 Å². The molecular weight excluding hydrogens is 352 g/mol. The fraction of sp³-hybridized carbons (Fsp3) is 0.429. The summed E-state index contributed by atoms with van der Waals surface area (Å²) in [6.45, 7) is 4.33. The van der Waals surface area contributed by atoms with Crippen LogP contribution in [-0.4, -0.2) is 35.0 Å². The minimum absolute atomic E-state index is 0.702. The van der Waals surface area contributed by atoms with Crippen LogP contribution in [0.2, 0.25) is 0 Å². The standard InChI is InChI=1S/C14H19BrN4OS/c1-10-11(9-16-7-8-20-3)14(19(2)18-10)21-13-12(15)5-4-6-17-13/h4-6,16H,7-9H2,1-3H3. The van der Waals surface area contributed by atoms with Crippen LogP contribution in [0.1, 0.15) is 11.3 Å². The summed E-state index contributed by atoms with van der Waals surface area (Å²) in [6, 6.07) is 3.91. The van der Waals surface area contributed by atoms with Crippen LogP contribution >= 0.6 is 27.7 Å². The molecule has 21 heavy (non-hydrogen) atoms. The SMILES string of the molecule is COCCNCc1c(C)nn(C)c1Sc1ncccc1Br. The molecule has 0 aliphatic rings. The van der Waals surface area contributed by atoms with E-state index in [2.05, 4.69) is 31.3 Å². The fourth-order valence-electron chi connectivity index (χ4n) is 1.94. The van der Waals surface area contributed by atoms with Crippen molar-refractivity contribution >= 4 is 27.7 Å². The fourth-order valence-corrected chi connectivity index (χ4v) is 3.41. The largest absolute Gasteiger partial charge is 0.383 e. The van der Waals surface area contributed by atoms with Crippen LogP contribution in [0.3, 0.4) is 0 Å². The molecule has 0 aliphatic heterocycles. The van der Waals surface area contributed by atoms with Crippen LogP contribution < -0.4 is 5.32 Å². The zero-order valence-electron chi connectivity index (χ0n) is 12.4. The van der Waals surface area contributed by atoms with Crippen molar-refractivity contribution in [3.05, 3.63) is 34.1 Å². The minimum atomic E-state index is 0.702. The second-order valence-electron chi connectivity index (χ2n) is 4.55. The smallest absolute Gasteiger partial charge is 0.116 e. The second-order valence-corrected chi connectivity index (χ2v) is 6.39. The molecule has 0 unspecified atom stereocenters. The van der Waals surface area contributed by atoms with E-state index in [1.165, 1.54) is 5.56 Å². The van der Waals surface area contributed by atoms with Gasteiger partial charge in [0.25, 0.3) is 0 Å². The summed E-state index contributed by atoms with van der Waals surface area (Å²) < 4.78 is 7.96. The molecule has 2 rings (SSSR count). The number of nitrogens with zero attached hydrogens (tertiary/aromatic N) is 3. The first-order valence-electron chi connectivity index (χ1n) is 6.64. The van der Waals surface area contributed by atoms with Crippen LogP contribution in [0.25, 0.3) is 0 Å². The first-order chi connectivity index (χ1) is 10.1. The summed E-state index contributed by atoms with van der Waals surface area (Å²) in [6.07, 6.45) is 1.80. The van der Waals surface area contributed by atoms with Crippen LogP contribution in [-0.2, 0) is 18.3 Å². The predicted molar refractivity (Wildman–Crippen MR) is 87.6 cm³/mol. The number of rotatable bonds is 7. The Bertz CT molecular complexity index is 603. The van der Waals surface area contributed by atoms with Crippen molar-refractivity contribution in [1.82, 2.24) is 20.1 Å². The number of nitrogens with one attached hydrogen (secondary N) is 1. The van der Waals surface area contributed by atoms with Crippen molar-refractivity contribution in [2.75, 3.05) is 20.3 Å². The molecule has 0 aromatic carbocycles. The molecule has 2 aromatic rings. The van der Waals surface area contributed by atoms with Gasteiger partial charge in [0.15, 0.2) is 0 Å². The topological polar surface area (TPSA) is 52.0 Å². The van der Waals surface area contributed by atoms with Gasteiger partial charge in [0.2, 0.25) is 0 Å². The van der Waals surface area contributed by atoms with Gasteiger partial charge in [0, 0.05) is 39.0 Å². The van der Waals surface area contributed by atoms with Gasteiger partial charge in [-0.2, -0.15) is 5.10 Å². The molecule has 1 N–H and O–H groups in total. The van der Waals surface area contributed by atoms with E-state index in [0.29, 0.717) is 6.61 Å². The maximum atomic E-state index is 5.05. The van der Waals surface area contributed by atoms with E-state index in [4.69, 9.17) is 4.74 Å². The number of hydrogen-bond donors (Lipinski definition) is 1. The molecular formula is C14H19BrN4OS. The van der Waals surface area contributed by atoms with Gasteiger partial charge in [0.1, 0.15) is 10.1 Å². The number of methoxy groups -OCH3 is 1. The molecule has 0 amide bonds. The quantitative estimate of drug-likeness (QED) is 0.759. The Morgan fingerprint density at radius 3 is 3.00 bits per heavy atom. The van der Waals surface area contributed by atoms with Crippen LogP contribution in [0.4, 0.5) is 0 Å². The van der Waals surface area contributed by atoms with Crippen LogP contribution in [0.15, 0.2) is 32.9 Å². The van der Waals surface area contributed by atoms with E-state index >= 15 is 0 Å². The monoisotopic (exact) mass is 370 g/mol. The Kier molecular flexibility index (Phi) is 6.22. The number of aryl methyl sites for hydroxylation is 2. The lowest BCUT2D eigenvalue weighted by Crippen LogP contribution is -2.19. The molecule has 0 radical (unpaired) electrons. The Morgan fingerprint density at radius 1 is 1.48 bits per heavy atom. The molecule has 0 saturated carbocycles. The maximum absolute atomic E-state index is 5.05. The van der Waals surface area contributed by atoms with Gasteiger partial charge < -0.3 is 10.1 Å². The summed E-state index contributed by atoms with van der Waals surface area (Å²) in [4.78, 5) is 4.41. The number of aromatic nitrogens is 3. The van der Waals surface area contributed by atoms with E-state index in [1.807, 2.05) is 30.8 Å². The predicted octanol–water partition coefficient (Wildman–Crippen LogP) is 2.77. The van der Waals surface area contributed by atoms with Gasteiger partial charge in [-0.25, -0.2) is 4.98 Å². The average molecular weight is 371 g/mol. The zero-order valence-corrected chi connectivity index (χ0v) is 14.8. The Balaban J connectivity index is 2.16. The summed E-state index contributed by atoms with van der Waals surface area (Å²) in [5.74, 6) is 0. The van der Waals surface area contributed by atoms with E-state index < -0.39 is 0 Å². The number of ether oxygens (including phenoxy) is 1. The van der Waals surface area contributed by atoms with Gasteiger partial charge in [-0.05, 0) is 46.7 Å². The van der Waals surface area contributed by atoms with Gasteiger partial charge in [-0.15, -0.1) is 0 Å². The molecule has 0 aliphatic carbocycles. The highest BCUT2D eigenvalue weighted by Gasteiger charge is 2.16. The van der Waals surface area contributed by atoms with E-state index in [-0.39, 0.29) is 0 Å². The molecule has 2 heterocycles. The van der Waals surface area contributed by atoms with E-state index in [9.17, 15) is 0 Å². The second kappa shape index (κ2) is 7.93. The number of hydrogen-bond acceptors (Lipinski definition) is 5.